The molecule has 0 aliphatic carbocycles. The summed E-state index contributed by atoms with van der Waals surface area (Å²) in [5.41, 5.74) is 5.11. The molecule has 0 amide bonds. The number of hydrogen-bond acceptors (Lipinski definition) is 5. The number of nitrogens with one attached hydrogen (secondary N) is 2. The number of benzene rings is 1. The SMILES string of the molecule is Cc1nc(-c2ccc(NCc3cn(C)nc3-c3ccccc3)nc2)[nH]c(=O)c1C. The standard InChI is InChI=1S/C22H22N6O/c1-14-15(2)25-21(26-22(14)29)17-9-10-19(23-11-17)24-12-18-13-28(3)27-20(18)16-7-5-4-6-8-16/h4-11,13H,12H2,1-3H3,(H,23,24)(H,25,26,29). The second-order valence-electron chi connectivity index (χ2n) is 6.95. The third kappa shape index (κ3) is 3.94. The molecule has 4 rings (SSSR count). The van der Waals surface area contributed by atoms with E-state index in [1.807, 2.05) is 55.2 Å². The number of hydrogen-bond donors (Lipinski definition) is 2. The summed E-state index contributed by atoms with van der Waals surface area (Å²) in [6, 6.07) is 13.9. The van der Waals surface area contributed by atoms with Crippen molar-refractivity contribution >= 4 is 5.82 Å². The number of pyridine rings is 1. The predicted molar refractivity (Wildman–Crippen MR) is 114 cm³/mol. The lowest BCUT2D eigenvalue weighted by molar-refractivity contribution is 0.770. The van der Waals surface area contributed by atoms with Crippen molar-refractivity contribution in [3.63, 3.8) is 0 Å². The molecule has 0 bridgehead atoms. The maximum atomic E-state index is 12.0. The molecule has 0 saturated carbocycles. The summed E-state index contributed by atoms with van der Waals surface area (Å²) in [4.78, 5) is 23.7. The van der Waals surface area contributed by atoms with Crippen LogP contribution in [0, 0.1) is 13.8 Å². The maximum Gasteiger partial charge on any atom is 0.254 e. The Hall–Kier alpha value is -3.74. The Morgan fingerprint density at radius 3 is 2.55 bits per heavy atom. The Morgan fingerprint density at radius 2 is 1.86 bits per heavy atom. The summed E-state index contributed by atoms with van der Waals surface area (Å²) < 4.78 is 1.82. The van der Waals surface area contributed by atoms with Gasteiger partial charge in [-0.2, -0.15) is 5.10 Å². The fourth-order valence-electron chi connectivity index (χ4n) is 3.11. The summed E-state index contributed by atoms with van der Waals surface area (Å²) in [5, 5.41) is 7.92. The van der Waals surface area contributed by atoms with Gasteiger partial charge in [-0.05, 0) is 26.0 Å². The lowest BCUT2D eigenvalue weighted by atomic mass is 10.1. The van der Waals surface area contributed by atoms with Gasteiger partial charge in [0.05, 0.1) is 5.69 Å². The van der Waals surface area contributed by atoms with Gasteiger partial charge in [-0.25, -0.2) is 9.97 Å². The van der Waals surface area contributed by atoms with Gasteiger partial charge in [0.25, 0.3) is 5.56 Å². The highest BCUT2D eigenvalue weighted by Crippen LogP contribution is 2.22. The molecule has 1 aromatic carbocycles. The zero-order chi connectivity index (χ0) is 20.4. The van der Waals surface area contributed by atoms with E-state index in [2.05, 4.69) is 37.5 Å². The molecule has 3 aromatic heterocycles. The number of nitrogens with zero attached hydrogens (tertiary/aromatic N) is 4. The summed E-state index contributed by atoms with van der Waals surface area (Å²) in [6.45, 7) is 4.19. The molecule has 7 nitrogen and oxygen atoms in total. The lowest BCUT2D eigenvalue weighted by Crippen LogP contribution is -2.14. The Kier molecular flexibility index (Phi) is 4.95. The highest BCUT2D eigenvalue weighted by atomic mass is 16.1. The Balaban J connectivity index is 1.52. The molecule has 2 N–H and O–H groups in total. The van der Waals surface area contributed by atoms with Crippen LogP contribution >= 0.6 is 0 Å². The van der Waals surface area contributed by atoms with Crippen molar-refractivity contribution in [3.8, 4) is 22.6 Å². The third-order valence-electron chi connectivity index (χ3n) is 4.84. The highest BCUT2D eigenvalue weighted by molar-refractivity contribution is 5.63. The van der Waals surface area contributed by atoms with E-state index < -0.39 is 0 Å². The highest BCUT2D eigenvalue weighted by Gasteiger charge is 2.10. The second kappa shape index (κ2) is 7.71. The van der Waals surface area contributed by atoms with Gasteiger partial charge in [-0.3, -0.25) is 9.48 Å². The predicted octanol–water partition coefficient (Wildman–Crippen LogP) is 3.46. The quantitative estimate of drug-likeness (QED) is 0.548. The molecule has 0 unspecified atom stereocenters. The van der Waals surface area contributed by atoms with Crippen molar-refractivity contribution in [2.75, 3.05) is 5.32 Å². The molecular weight excluding hydrogens is 364 g/mol. The first-order chi connectivity index (χ1) is 14.0. The molecule has 0 fully saturated rings. The van der Waals surface area contributed by atoms with Crippen LogP contribution in [0.4, 0.5) is 5.82 Å². The molecule has 0 saturated heterocycles. The first kappa shape index (κ1) is 18.6. The zero-order valence-electron chi connectivity index (χ0n) is 16.6. The van der Waals surface area contributed by atoms with Crippen LogP contribution in [0.15, 0.2) is 59.7 Å². The molecule has 3 heterocycles. The van der Waals surface area contributed by atoms with Gasteiger partial charge in [-0.1, -0.05) is 30.3 Å². The molecular formula is C22H22N6O. The van der Waals surface area contributed by atoms with Crippen molar-refractivity contribution < 1.29 is 0 Å². The maximum absolute atomic E-state index is 12.0. The van der Waals surface area contributed by atoms with Gasteiger partial charge in [-0.15, -0.1) is 0 Å². The second-order valence-corrected chi connectivity index (χ2v) is 6.95. The lowest BCUT2D eigenvalue weighted by Gasteiger charge is -2.08. The molecule has 4 aromatic rings. The summed E-state index contributed by atoms with van der Waals surface area (Å²) in [6.07, 6.45) is 3.71. The molecule has 0 spiro atoms. The summed E-state index contributed by atoms with van der Waals surface area (Å²) >= 11 is 0. The fourth-order valence-corrected chi connectivity index (χ4v) is 3.11. The minimum atomic E-state index is -0.125. The minimum Gasteiger partial charge on any atom is -0.366 e. The average Bonchev–Trinajstić information content (AvgIpc) is 3.12. The van der Waals surface area contributed by atoms with Crippen LogP contribution in [0.3, 0.4) is 0 Å². The first-order valence-electron chi connectivity index (χ1n) is 9.37. The van der Waals surface area contributed by atoms with Gasteiger partial charge in [0.2, 0.25) is 0 Å². The van der Waals surface area contributed by atoms with Crippen LogP contribution in [0.25, 0.3) is 22.6 Å². The number of aromatic nitrogens is 5. The van der Waals surface area contributed by atoms with E-state index in [0.717, 1.165) is 33.9 Å². The van der Waals surface area contributed by atoms with Crippen molar-refractivity contribution in [1.29, 1.82) is 0 Å². The van der Waals surface area contributed by atoms with E-state index in [1.165, 1.54) is 0 Å². The Bertz CT molecular complexity index is 1190. The average molecular weight is 386 g/mol. The summed E-state index contributed by atoms with van der Waals surface area (Å²) in [5.74, 6) is 1.26. The van der Waals surface area contributed by atoms with Gasteiger partial charge in [0, 0.05) is 53.9 Å². The zero-order valence-corrected chi connectivity index (χ0v) is 16.6. The van der Waals surface area contributed by atoms with E-state index in [4.69, 9.17) is 0 Å². The van der Waals surface area contributed by atoms with Crippen LogP contribution < -0.4 is 10.9 Å². The number of rotatable bonds is 5. The number of aryl methyl sites for hydroxylation is 2. The molecule has 29 heavy (non-hydrogen) atoms. The smallest absolute Gasteiger partial charge is 0.254 e. The molecule has 146 valence electrons. The van der Waals surface area contributed by atoms with Crippen LogP contribution in [0.1, 0.15) is 16.8 Å². The van der Waals surface area contributed by atoms with Crippen molar-refractivity contribution in [2.45, 2.75) is 20.4 Å². The minimum absolute atomic E-state index is 0.125. The largest absolute Gasteiger partial charge is 0.366 e. The van der Waals surface area contributed by atoms with Gasteiger partial charge < -0.3 is 10.3 Å². The van der Waals surface area contributed by atoms with Crippen molar-refractivity contribution in [3.05, 3.63) is 82.0 Å². The third-order valence-corrected chi connectivity index (χ3v) is 4.84. The molecule has 0 aliphatic rings. The van der Waals surface area contributed by atoms with Gasteiger partial charge in [0.1, 0.15) is 11.6 Å². The van der Waals surface area contributed by atoms with E-state index in [-0.39, 0.29) is 5.56 Å². The number of anilines is 1. The molecule has 0 radical (unpaired) electrons. The molecule has 7 heteroatoms. The van der Waals surface area contributed by atoms with Crippen LogP contribution in [-0.2, 0) is 13.6 Å². The molecule has 0 aliphatic heterocycles. The van der Waals surface area contributed by atoms with Gasteiger partial charge in [0.15, 0.2) is 0 Å². The van der Waals surface area contributed by atoms with Crippen LogP contribution in [-0.4, -0.2) is 24.7 Å². The topological polar surface area (TPSA) is 88.5 Å². The monoisotopic (exact) mass is 386 g/mol. The summed E-state index contributed by atoms with van der Waals surface area (Å²) in [7, 11) is 1.92. The van der Waals surface area contributed by atoms with E-state index in [0.29, 0.717) is 17.9 Å². The van der Waals surface area contributed by atoms with Crippen LogP contribution in [0.5, 0.6) is 0 Å². The molecule has 0 atom stereocenters. The first-order valence-corrected chi connectivity index (χ1v) is 9.37. The van der Waals surface area contributed by atoms with Gasteiger partial charge >= 0.3 is 0 Å². The van der Waals surface area contributed by atoms with Crippen LogP contribution in [0.2, 0.25) is 0 Å². The Labute approximate surface area is 168 Å². The fraction of sp³-hybridized carbons (Fsp3) is 0.182. The Morgan fingerprint density at radius 1 is 1.07 bits per heavy atom. The number of aromatic amines is 1. The number of H-pyrrole nitrogens is 1. The van der Waals surface area contributed by atoms with E-state index >= 15 is 0 Å². The van der Waals surface area contributed by atoms with E-state index in [9.17, 15) is 4.79 Å². The van der Waals surface area contributed by atoms with Crippen molar-refractivity contribution in [2.24, 2.45) is 7.05 Å². The normalized spacial score (nSPS) is 10.9. The van der Waals surface area contributed by atoms with E-state index in [1.54, 1.807) is 13.1 Å². The van der Waals surface area contributed by atoms with Crippen molar-refractivity contribution in [1.82, 2.24) is 24.7 Å².